The van der Waals surface area contributed by atoms with Crippen molar-refractivity contribution in [1.29, 1.82) is 0 Å². The van der Waals surface area contributed by atoms with Gasteiger partial charge in [-0.05, 0) is 30.3 Å². The smallest absolute Gasteiger partial charge is 0.238 e. The molecule has 7 aromatic carbocycles. The van der Waals surface area contributed by atoms with Crippen LogP contribution in [0.4, 0.5) is 0 Å². The molecule has 0 saturated carbocycles. The maximum absolute atomic E-state index is 5.24. The molecule has 5 heterocycles. The van der Waals surface area contributed by atoms with E-state index in [2.05, 4.69) is 124 Å². The van der Waals surface area contributed by atoms with E-state index in [0.717, 1.165) is 92.5 Å². The summed E-state index contributed by atoms with van der Waals surface area (Å²) in [5, 5.41) is 5.50. The second-order valence-electron chi connectivity index (χ2n) is 14.5. The normalized spacial score (nSPS) is 11.7. The van der Waals surface area contributed by atoms with Gasteiger partial charge in [0.15, 0.2) is 11.6 Å². The van der Waals surface area contributed by atoms with Gasteiger partial charge in [-0.3, -0.25) is 9.55 Å². The lowest BCUT2D eigenvalue weighted by Gasteiger charge is -2.13. The Balaban J connectivity index is 1.11. The van der Waals surface area contributed by atoms with Crippen molar-refractivity contribution in [2.45, 2.75) is 0 Å². The molecule has 0 aliphatic carbocycles. The number of hydrogen-bond acceptors (Lipinski definition) is 6. The highest BCUT2D eigenvalue weighted by atomic mass is 32.1. The van der Waals surface area contributed by atoms with Crippen LogP contribution in [0.5, 0.6) is 0 Å². The Kier molecular flexibility index (Phi) is 7.57. The fraction of sp³-hybridized carbons (Fsp3) is 0. The van der Waals surface area contributed by atoms with Crippen LogP contribution in [0.25, 0.3) is 110 Å². The zero-order chi connectivity index (χ0) is 38.9. The molecule has 0 aliphatic rings. The third-order valence-corrected chi connectivity index (χ3v) is 12.2. The summed E-state index contributed by atoms with van der Waals surface area (Å²) in [6.45, 7) is 0. The number of aromatic nitrogens is 7. The molecule has 0 spiro atoms. The van der Waals surface area contributed by atoms with Gasteiger partial charge >= 0.3 is 0 Å². The van der Waals surface area contributed by atoms with Gasteiger partial charge in [-0.25, -0.2) is 9.97 Å². The van der Waals surface area contributed by atoms with E-state index in [1.54, 1.807) is 11.3 Å². The first-order valence-corrected chi connectivity index (χ1v) is 20.3. The number of benzene rings is 7. The van der Waals surface area contributed by atoms with Gasteiger partial charge in [-0.15, -0.1) is 11.3 Å². The highest BCUT2D eigenvalue weighted by Crippen LogP contribution is 2.42. The molecule has 0 bridgehead atoms. The van der Waals surface area contributed by atoms with Crippen molar-refractivity contribution in [2.75, 3.05) is 0 Å². The van der Waals surface area contributed by atoms with Crippen LogP contribution in [-0.4, -0.2) is 34.1 Å². The Hall–Kier alpha value is -7.81. The summed E-state index contributed by atoms with van der Waals surface area (Å²) >= 11 is 1.70. The second kappa shape index (κ2) is 13.4. The van der Waals surface area contributed by atoms with E-state index in [9.17, 15) is 0 Å². The van der Waals surface area contributed by atoms with E-state index in [0.29, 0.717) is 17.6 Å². The monoisotopic (exact) mass is 773 g/mol. The largest absolute Gasteiger partial charge is 0.306 e. The van der Waals surface area contributed by atoms with Crippen molar-refractivity contribution in [1.82, 2.24) is 34.1 Å². The molecule has 0 aliphatic heterocycles. The molecule has 276 valence electrons. The molecule has 12 aromatic rings. The first kappa shape index (κ1) is 33.3. The second-order valence-corrected chi connectivity index (χ2v) is 15.5. The standard InChI is InChI=1S/C51H31N7S/c1-4-15-32(16-5-1)48-54-49(33-17-6-2-7-18-33)56-51(55-48)58-44-26-13-11-22-37(44)39-29-28-38-36-21-10-12-25-43(36)57(45(38)46(39)58)35-27-30-41(52-31-35)40-23-14-24-42-47(40)59-50(53-42)34-19-8-3-9-20-34/h1-31H. The molecule has 8 heteroatoms. The summed E-state index contributed by atoms with van der Waals surface area (Å²) < 4.78 is 5.69. The SMILES string of the molecule is c1ccc(-c2nc(-c3ccccc3)nc(-n3c4ccccc4c4ccc5c6ccccc6n(-c6ccc(-c7cccc8nc(-c9ccccc9)sc78)nc6)c5c43)n2)cc1. The summed E-state index contributed by atoms with van der Waals surface area (Å²) in [4.78, 5) is 25.7. The van der Waals surface area contributed by atoms with E-state index < -0.39 is 0 Å². The summed E-state index contributed by atoms with van der Waals surface area (Å²) in [6.07, 6.45) is 2.00. The number of fused-ring (bicyclic) bond motifs is 8. The maximum atomic E-state index is 5.24. The Bertz CT molecular complexity index is 3480. The van der Waals surface area contributed by atoms with Crippen molar-refractivity contribution in [3.8, 4) is 56.2 Å². The summed E-state index contributed by atoms with van der Waals surface area (Å²) in [6, 6.07) is 62.8. The number of thiazole rings is 1. The molecule has 59 heavy (non-hydrogen) atoms. The fourth-order valence-electron chi connectivity index (χ4n) is 8.41. The molecule has 0 amide bonds. The van der Waals surface area contributed by atoms with Gasteiger partial charge in [0.2, 0.25) is 5.95 Å². The number of nitrogens with zero attached hydrogens (tertiary/aromatic N) is 7. The molecular weight excluding hydrogens is 743 g/mol. The molecule has 0 atom stereocenters. The lowest BCUT2D eigenvalue weighted by molar-refractivity contribution is 0.953. The van der Waals surface area contributed by atoms with Gasteiger partial charge in [-0.2, -0.15) is 9.97 Å². The Morgan fingerprint density at radius 2 is 0.966 bits per heavy atom. The van der Waals surface area contributed by atoms with E-state index >= 15 is 0 Å². The quantitative estimate of drug-likeness (QED) is 0.168. The third-order valence-electron chi connectivity index (χ3n) is 11.1. The van der Waals surface area contributed by atoms with Gasteiger partial charge in [0.05, 0.1) is 49.9 Å². The lowest BCUT2D eigenvalue weighted by atomic mass is 10.1. The van der Waals surface area contributed by atoms with Crippen LogP contribution in [0.2, 0.25) is 0 Å². The molecule has 0 radical (unpaired) electrons. The Morgan fingerprint density at radius 3 is 1.58 bits per heavy atom. The minimum Gasteiger partial charge on any atom is -0.306 e. The zero-order valence-corrected chi connectivity index (χ0v) is 32.3. The molecular formula is C51H31N7S. The summed E-state index contributed by atoms with van der Waals surface area (Å²) in [5.41, 5.74) is 11.0. The van der Waals surface area contributed by atoms with Gasteiger partial charge in [0.25, 0.3) is 0 Å². The third kappa shape index (κ3) is 5.38. The Labute approximate surface area is 342 Å². The highest BCUT2D eigenvalue weighted by Gasteiger charge is 2.24. The molecule has 0 unspecified atom stereocenters. The van der Waals surface area contributed by atoms with Crippen molar-refractivity contribution in [3.05, 3.63) is 188 Å². The molecule has 0 saturated heterocycles. The number of hydrogen-bond donors (Lipinski definition) is 0. The van der Waals surface area contributed by atoms with Gasteiger partial charge in [0.1, 0.15) is 5.01 Å². The highest BCUT2D eigenvalue weighted by molar-refractivity contribution is 7.22. The van der Waals surface area contributed by atoms with E-state index in [1.165, 1.54) is 0 Å². The van der Waals surface area contributed by atoms with E-state index in [1.807, 2.05) is 72.9 Å². The molecule has 5 aromatic heterocycles. The average Bonchev–Trinajstić information content (AvgIpc) is 4.01. The average molecular weight is 774 g/mol. The molecule has 12 rings (SSSR count). The number of para-hydroxylation sites is 2. The van der Waals surface area contributed by atoms with Crippen LogP contribution >= 0.6 is 11.3 Å². The van der Waals surface area contributed by atoms with Crippen LogP contribution in [0.1, 0.15) is 0 Å². The van der Waals surface area contributed by atoms with Crippen molar-refractivity contribution in [2.24, 2.45) is 0 Å². The lowest BCUT2D eigenvalue weighted by Crippen LogP contribution is -2.07. The van der Waals surface area contributed by atoms with Gasteiger partial charge in [0, 0.05) is 43.8 Å². The number of rotatable bonds is 6. The van der Waals surface area contributed by atoms with E-state index in [-0.39, 0.29) is 0 Å². The summed E-state index contributed by atoms with van der Waals surface area (Å²) in [5.74, 6) is 1.77. The van der Waals surface area contributed by atoms with Crippen molar-refractivity contribution in [3.63, 3.8) is 0 Å². The van der Waals surface area contributed by atoms with Gasteiger partial charge < -0.3 is 4.57 Å². The van der Waals surface area contributed by atoms with Crippen molar-refractivity contribution < 1.29 is 0 Å². The van der Waals surface area contributed by atoms with Crippen LogP contribution in [0, 0.1) is 0 Å². The molecule has 0 N–H and O–H groups in total. The van der Waals surface area contributed by atoms with E-state index in [4.69, 9.17) is 24.9 Å². The van der Waals surface area contributed by atoms with Crippen LogP contribution < -0.4 is 0 Å². The van der Waals surface area contributed by atoms with Gasteiger partial charge in [-0.1, -0.05) is 152 Å². The Morgan fingerprint density at radius 1 is 0.407 bits per heavy atom. The first-order valence-electron chi connectivity index (χ1n) is 19.5. The van der Waals surface area contributed by atoms with Crippen LogP contribution in [-0.2, 0) is 0 Å². The predicted molar refractivity (Wildman–Crippen MR) is 241 cm³/mol. The predicted octanol–water partition coefficient (Wildman–Crippen LogP) is 12.7. The topological polar surface area (TPSA) is 74.3 Å². The van der Waals surface area contributed by atoms with Crippen LogP contribution in [0.3, 0.4) is 0 Å². The molecule has 0 fully saturated rings. The zero-order valence-electron chi connectivity index (χ0n) is 31.4. The first-order chi connectivity index (χ1) is 29.3. The maximum Gasteiger partial charge on any atom is 0.238 e. The minimum absolute atomic E-state index is 0.550. The van der Waals surface area contributed by atoms with Crippen molar-refractivity contribution >= 4 is 65.2 Å². The summed E-state index contributed by atoms with van der Waals surface area (Å²) in [7, 11) is 0. The van der Waals surface area contributed by atoms with Crippen LogP contribution in [0.15, 0.2) is 188 Å². The minimum atomic E-state index is 0.550. The molecule has 7 nitrogen and oxygen atoms in total. The fourth-order valence-corrected chi connectivity index (χ4v) is 9.50. The number of pyridine rings is 1.